The van der Waals surface area contributed by atoms with E-state index in [-0.39, 0.29) is 16.9 Å². The lowest BCUT2D eigenvalue weighted by Crippen LogP contribution is -2.43. The van der Waals surface area contributed by atoms with Gasteiger partial charge in [0.1, 0.15) is 11.5 Å². The van der Waals surface area contributed by atoms with E-state index in [4.69, 9.17) is 0 Å². The number of esters is 1. The molecule has 2 heterocycles. The van der Waals surface area contributed by atoms with E-state index in [2.05, 4.69) is 14.7 Å². The first-order chi connectivity index (χ1) is 11.6. The van der Waals surface area contributed by atoms with E-state index < -0.39 is 11.8 Å². The maximum Gasteiger partial charge on any atom is 0.356 e. The monoisotopic (exact) mass is 349 g/mol. The average molecular weight is 349 g/mol. The molecule has 0 aliphatic carbocycles. The molecule has 1 N–H and O–H groups in total. The average Bonchev–Trinajstić information content (AvgIpc) is 3.05. The van der Waals surface area contributed by atoms with Crippen molar-refractivity contribution in [1.29, 1.82) is 0 Å². The summed E-state index contributed by atoms with van der Waals surface area (Å²) in [5.74, 6) is -1.09. The molecule has 0 radical (unpaired) electrons. The molecule has 1 atom stereocenters. The van der Waals surface area contributed by atoms with E-state index in [9.17, 15) is 14.0 Å². The molecular formula is C16H16FN3O3S. The van der Waals surface area contributed by atoms with Gasteiger partial charge in [0.05, 0.1) is 24.2 Å². The van der Waals surface area contributed by atoms with Gasteiger partial charge in [-0.2, -0.15) is 0 Å². The normalized spacial score (nSPS) is 17.8. The number of methoxy groups -OCH3 is 1. The molecule has 2 aromatic rings. The second-order valence-corrected chi connectivity index (χ2v) is 6.48. The van der Waals surface area contributed by atoms with Gasteiger partial charge in [-0.3, -0.25) is 4.79 Å². The first-order valence-electron chi connectivity index (χ1n) is 7.46. The van der Waals surface area contributed by atoms with Crippen molar-refractivity contribution in [2.45, 2.75) is 23.2 Å². The van der Waals surface area contributed by atoms with Crippen LogP contribution in [0.2, 0.25) is 0 Å². The summed E-state index contributed by atoms with van der Waals surface area (Å²) in [4.78, 5) is 32.5. The topological polar surface area (TPSA) is 75.3 Å². The Morgan fingerprint density at radius 2 is 2.25 bits per heavy atom. The van der Waals surface area contributed by atoms with Gasteiger partial charge in [-0.1, -0.05) is 23.9 Å². The van der Waals surface area contributed by atoms with Gasteiger partial charge in [0.2, 0.25) is 5.91 Å². The number of imidazole rings is 1. The van der Waals surface area contributed by atoms with E-state index in [1.165, 1.54) is 36.0 Å². The molecule has 1 aliphatic heterocycles. The predicted molar refractivity (Wildman–Crippen MR) is 87.6 cm³/mol. The third kappa shape index (κ3) is 3.28. The molecule has 1 aromatic carbocycles. The van der Waals surface area contributed by atoms with Crippen molar-refractivity contribution in [2.75, 3.05) is 18.6 Å². The minimum absolute atomic E-state index is 0.160. The van der Waals surface area contributed by atoms with Gasteiger partial charge in [0.15, 0.2) is 5.16 Å². The van der Waals surface area contributed by atoms with Gasteiger partial charge >= 0.3 is 5.97 Å². The van der Waals surface area contributed by atoms with Crippen LogP contribution in [0.15, 0.2) is 35.6 Å². The minimum Gasteiger partial charge on any atom is -0.464 e. The number of ether oxygens (including phenoxy) is 1. The lowest BCUT2D eigenvalue weighted by atomic mass is 10.1. The molecule has 3 rings (SSSR count). The summed E-state index contributed by atoms with van der Waals surface area (Å²) in [6, 6.07) is 6.24. The van der Waals surface area contributed by atoms with Gasteiger partial charge in [-0.05, 0) is 25.0 Å². The largest absolute Gasteiger partial charge is 0.464 e. The van der Waals surface area contributed by atoms with E-state index in [0.717, 1.165) is 6.42 Å². The first-order valence-corrected chi connectivity index (χ1v) is 8.34. The standard InChI is InChI=1S/C16H16FN3O3S/c1-23-15(22)11-9-18-16(19-11)24-13-7-4-8-20(14(13)21)12-6-3-2-5-10(12)17/h2-3,5-6,9,13H,4,7-8H2,1H3,(H,18,19)/t13-/m1/s1. The maximum absolute atomic E-state index is 14.0. The number of carbonyl (C=O) groups excluding carboxylic acids is 2. The van der Waals surface area contributed by atoms with Crippen molar-refractivity contribution < 1.29 is 18.7 Å². The molecule has 24 heavy (non-hydrogen) atoms. The maximum atomic E-state index is 14.0. The number of halogens is 1. The lowest BCUT2D eigenvalue weighted by molar-refractivity contribution is -0.119. The van der Waals surface area contributed by atoms with Gasteiger partial charge in [-0.15, -0.1) is 0 Å². The zero-order valence-corrected chi connectivity index (χ0v) is 13.8. The molecule has 1 amide bonds. The minimum atomic E-state index is -0.516. The number of hydrogen-bond donors (Lipinski definition) is 1. The van der Waals surface area contributed by atoms with Crippen LogP contribution >= 0.6 is 11.8 Å². The number of amides is 1. The second-order valence-electron chi connectivity index (χ2n) is 5.28. The lowest BCUT2D eigenvalue weighted by Gasteiger charge is -2.31. The zero-order chi connectivity index (χ0) is 17.1. The molecule has 0 bridgehead atoms. The fraction of sp³-hybridized carbons (Fsp3) is 0.312. The number of benzene rings is 1. The Balaban J connectivity index is 1.75. The fourth-order valence-electron chi connectivity index (χ4n) is 2.57. The van der Waals surface area contributed by atoms with Crippen LogP contribution in [0.5, 0.6) is 0 Å². The second kappa shape index (κ2) is 7.04. The summed E-state index contributed by atoms with van der Waals surface area (Å²) >= 11 is 1.24. The van der Waals surface area contributed by atoms with Crippen LogP contribution in [0.3, 0.4) is 0 Å². The van der Waals surface area contributed by atoms with E-state index in [0.29, 0.717) is 23.8 Å². The van der Waals surface area contributed by atoms with Gasteiger partial charge in [0, 0.05) is 6.54 Å². The summed E-state index contributed by atoms with van der Waals surface area (Å²) in [7, 11) is 1.28. The van der Waals surface area contributed by atoms with Crippen LogP contribution in [0.4, 0.5) is 10.1 Å². The molecule has 0 unspecified atom stereocenters. The number of nitrogens with one attached hydrogen (secondary N) is 1. The number of H-pyrrole nitrogens is 1. The van der Waals surface area contributed by atoms with E-state index in [1.807, 2.05) is 0 Å². The molecule has 126 valence electrons. The summed E-state index contributed by atoms with van der Waals surface area (Å²) < 4.78 is 18.6. The van der Waals surface area contributed by atoms with E-state index in [1.54, 1.807) is 18.2 Å². The van der Waals surface area contributed by atoms with Crippen LogP contribution in [-0.2, 0) is 9.53 Å². The Labute approximate surface area is 142 Å². The highest BCUT2D eigenvalue weighted by molar-refractivity contribution is 8.00. The molecule has 0 saturated carbocycles. The number of para-hydroxylation sites is 1. The van der Waals surface area contributed by atoms with Crippen molar-refractivity contribution in [1.82, 2.24) is 9.97 Å². The van der Waals surface area contributed by atoms with Gasteiger partial charge in [-0.25, -0.2) is 14.2 Å². The van der Waals surface area contributed by atoms with Crippen molar-refractivity contribution >= 4 is 29.3 Å². The van der Waals surface area contributed by atoms with Crippen LogP contribution in [0.25, 0.3) is 0 Å². The Kier molecular flexibility index (Phi) is 4.84. The zero-order valence-electron chi connectivity index (χ0n) is 13.0. The molecule has 6 nitrogen and oxygen atoms in total. The number of piperidine rings is 1. The van der Waals surface area contributed by atoms with Crippen LogP contribution < -0.4 is 4.90 Å². The molecule has 0 spiro atoms. The smallest absolute Gasteiger partial charge is 0.356 e. The van der Waals surface area contributed by atoms with Crippen molar-refractivity contribution in [2.24, 2.45) is 0 Å². The number of carbonyl (C=O) groups is 2. The number of aromatic amines is 1. The molecule has 1 fully saturated rings. The van der Waals surface area contributed by atoms with E-state index >= 15 is 0 Å². The number of rotatable bonds is 4. The predicted octanol–water partition coefficient (Wildman–Crippen LogP) is 2.62. The third-order valence-corrected chi connectivity index (χ3v) is 4.90. The van der Waals surface area contributed by atoms with Crippen molar-refractivity contribution in [3.8, 4) is 0 Å². The third-order valence-electron chi connectivity index (χ3n) is 3.74. The fourth-order valence-corrected chi connectivity index (χ4v) is 3.64. The van der Waals surface area contributed by atoms with Crippen LogP contribution in [0, 0.1) is 5.82 Å². The molecule has 1 aliphatic rings. The Bertz CT molecular complexity index is 765. The molecule has 1 saturated heterocycles. The number of anilines is 1. The Morgan fingerprint density at radius 1 is 1.46 bits per heavy atom. The molecule has 1 aromatic heterocycles. The highest BCUT2D eigenvalue weighted by atomic mass is 32.2. The number of nitrogens with zero attached hydrogens (tertiary/aromatic N) is 2. The van der Waals surface area contributed by atoms with Crippen molar-refractivity contribution in [3.05, 3.63) is 42.0 Å². The van der Waals surface area contributed by atoms with Crippen LogP contribution in [0.1, 0.15) is 23.3 Å². The quantitative estimate of drug-likeness (QED) is 0.859. The highest BCUT2D eigenvalue weighted by Crippen LogP contribution is 2.32. The van der Waals surface area contributed by atoms with Gasteiger partial charge in [0.25, 0.3) is 0 Å². The Morgan fingerprint density at radius 3 is 3.00 bits per heavy atom. The summed E-state index contributed by atoms with van der Waals surface area (Å²) in [5, 5.41) is 0.0825. The summed E-state index contributed by atoms with van der Waals surface area (Å²) in [5.41, 5.74) is 0.525. The number of hydrogen-bond acceptors (Lipinski definition) is 5. The Hall–Kier alpha value is -2.35. The number of aromatic nitrogens is 2. The molecule has 8 heteroatoms. The first kappa shape index (κ1) is 16.5. The van der Waals surface area contributed by atoms with Gasteiger partial charge < -0.3 is 14.6 Å². The van der Waals surface area contributed by atoms with Crippen LogP contribution in [-0.4, -0.2) is 40.7 Å². The summed E-state index contributed by atoms with van der Waals surface area (Å²) in [6.07, 6.45) is 2.81. The summed E-state index contributed by atoms with van der Waals surface area (Å²) in [6.45, 7) is 0.488. The molecular weight excluding hydrogens is 333 g/mol. The number of thioether (sulfide) groups is 1. The SMILES string of the molecule is COC(=O)c1cnc(S[C@@H]2CCCN(c3ccccc3F)C2=O)[nH]1. The van der Waals surface area contributed by atoms with Crippen molar-refractivity contribution in [3.63, 3.8) is 0 Å². The highest BCUT2D eigenvalue weighted by Gasteiger charge is 2.32.